The molecule has 1 unspecified atom stereocenters. The molecule has 0 radical (unpaired) electrons. The summed E-state index contributed by atoms with van der Waals surface area (Å²) in [6.45, 7) is 0. The Morgan fingerprint density at radius 1 is 1.43 bits per heavy atom. The number of nitrogens with two attached hydrogens (primary N) is 1. The van der Waals surface area contributed by atoms with Crippen LogP contribution in [0.15, 0.2) is 30.3 Å². The van der Waals surface area contributed by atoms with Crippen molar-refractivity contribution in [2.24, 2.45) is 5.73 Å². The van der Waals surface area contributed by atoms with Gasteiger partial charge in [0.25, 0.3) is 0 Å². The summed E-state index contributed by atoms with van der Waals surface area (Å²) in [5.74, 6) is 0. The highest BCUT2D eigenvalue weighted by Gasteiger charge is 2.07. The predicted molar refractivity (Wildman–Crippen MR) is 58.3 cm³/mol. The van der Waals surface area contributed by atoms with Gasteiger partial charge in [0.15, 0.2) is 5.11 Å². The molecule has 0 aromatic heterocycles. The maximum atomic E-state index is 10.7. The maximum Gasteiger partial charge on any atom is 0.178 e. The summed E-state index contributed by atoms with van der Waals surface area (Å²) in [4.78, 5) is 10.7. The number of rotatable bonds is 4. The molecule has 5 heteroatoms. The monoisotopic (exact) mass is 209 g/mol. The van der Waals surface area contributed by atoms with Crippen LogP contribution in [0.4, 0.5) is 0 Å². The second-order valence-electron chi connectivity index (χ2n) is 2.66. The topological polar surface area (TPSA) is 67.2 Å². The molecule has 1 atom stereocenters. The van der Waals surface area contributed by atoms with Gasteiger partial charge in [0.05, 0.1) is 0 Å². The Bertz CT molecular complexity index is 315. The van der Waals surface area contributed by atoms with Crippen LogP contribution in [-0.4, -0.2) is 11.4 Å². The van der Waals surface area contributed by atoms with Crippen molar-refractivity contribution in [2.45, 2.75) is 6.04 Å². The first-order valence-corrected chi connectivity index (χ1v) is 4.46. The first-order chi connectivity index (χ1) is 6.74. The van der Waals surface area contributed by atoms with Crippen LogP contribution in [0.5, 0.6) is 0 Å². The quantitative estimate of drug-likeness (QED) is 0.377. The summed E-state index contributed by atoms with van der Waals surface area (Å²) in [7, 11) is 0. The lowest BCUT2D eigenvalue weighted by Crippen LogP contribution is -2.43. The van der Waals surface area contributed by atoms with Gasteiger partial charge in [-0.2, -0.15) is 0 Å². The van der Waals surface area contributed by atoms with E-state index in [1.54, 1.807) is 0 Å². The molecule has 0 amide bonds. The molecule has 0 saturated heterocycles. The third kappa shape index (κ3) is 3.12. The molecule has 0 aliphatic heterocycles. The molecule has 0 bridgehead atoms. The average Bonchev–Trinajstić information content (AvgIpc) is 2.20. The van der Waals surface area contributed by atoms with Gasteiger partial charge in [-0.15, -0.1) is 0 Å². The zero-order chi connectivity index (χ0) is 10.4. The first-order valence-electron chi connectivity index (χ1n) is 4.05. The molecule has 0 saturated carbocycles. The second kappa shape index (κ2) is 5.31. The molecule has 0 aliphatic rings. The molecule has 14 heavy (non-hydrogen) atoms. The number of aldehydes is 1. The second-order valence-corrected chi connectivity index (χ2v) is 3.10. The predicted octanol–water partition coefficient (Wildman–Crippen LogP) is 0.264. The molecule has 0 heterocycles. The molecular weight excluding hydrogens is 198 g/mol. The van der Waals surface area contributed by atoms with Crippen molar-refractivity contribution >= 4 is 23.6 Å². The maximum absolute atomic E-state index is 10.7. The van der Waals surface area contributed by atoms with Gasteiger partial charge < -0.3 is 10.5 Å². The Balaban J connectivity index is 2.63. The van der Waals surface area contributed by atoms with Gasteiger partial charge in [-0.25, -0.2) is 5.43 Å². The van der Waals surface area contributed by atoms with E-state index >= 15 is 0 Å². The molecule has 0 aliphatic carbocycles. The Labute approximate surface area is 87.5 Å². The van der Waals surface area contributed by atoms with Gasteiger partial charge in [0, 0.05) is 0 Å². The van der Waals surface area contributed by atoms with Crippen LogP contribution in [0, 0.1) is 0 Å². The summed E-state index contributed by atoms with van der Waals surface area (Å²) in [6.07, 6.45) is 0.778. The van der Waals surface area contributed by atoms with Gasteiger partial charge in [0.2, 0.25) is 0 Å². The van der Waals surface area contributed by atoms with Crippen LogP contribution >= 0.6 is 12.2 Å². The van der Waals surface area contributed by atoms with E-state index in [1.807, 2.05) is 30.3 Å². The van der Waals surface area contributed by atoms with Crippen molar-refractivity contribution < 1.29 is 4.79 Å². The highest BCUT2D eigenvalue weighted by molar-refractivity contribution is 7.80. The average molecular weight is 209 g/mol. The Morgan fingerprint density at radius 2 is 2.07 bits per heavy atom. The molecule has 1 aromatic carbocycles. The van der Waals surface area contributed by atoms with Crippen LogP contribution in [0.3, 0.4) is 0 Å². The molecule has 1 rings (SSSR count). The number of hydrazine groups is 1. The van der Waals surface area contributed by atoms with E-state index in [4.69, 9.17) is 5.73 Å². The fourth-order valence-electron chi connectivity index (χ4n) is 1.01. The summed E-state index contributed by atoms with van der Waals surface area (Å²) in [6, 6.07) is 8.83. The normalized spacial score (nSPS) is 11.7. The van der Waals surface area contributed by atoms with E-state index in [-0.39, 0.29) is 5.11 Å². The van der Waals surface area contributed by atoms with Crippen LogP contribution in [0.2, 0.25) is 0 Å². The molecule has 74 valence electrons. The van der Waals surface area contributed by atoms with Crippen molar-refractivity contribution in [2.75, 3.05) is 0 Å². The van der Waals surface area contributed by atoms with Gasteiger partial charge >= 0.3 is 0 Å². The summed E-state index contributed by atoms with van der Waals surface area (Å²) < 4.78 is 0. The van der Waals surface area contributed by atoms with Crippen molar-refractivity contribution in [3.05, 3.63) is 35.9 Å². The summed E-state index contributed by atoms with van der Waals surface area (Å²) in [5.41, 5.74) is 11.3. The number of hydrogen-bond acceptors (Lipinski definition) is 3. The lowest BCUT2D eigenvalue weighted by atomic mass is 10.1. The molecule has 1 aromatic rings. The van der Waals surface area contributed by atoms with Gasteiger partial charge in [-0.3, -0.25) is 5.43 Å². The van der Waals surface area contributed by atoms with Gasteiger partial charge in [-0.1, -0.05) is 30.3 Å². The number of carbonyl (C=O) groups is 1. The van der Waals surface area contributed by atoms with E-state index in [1.165, 1.54) is 0 Å². The van der Waals surface area contributed by atoms with Gasteiger partial charge in [0.1, 0.15) is 12.3 Å². The minimum atomic E-state index is -0.447. The van der Waals surface area contributed by atoms with E-state index in [0.29, 0.717) is 0 Å². The fraction of sp³-hybridized carbons (Fsp3) is 0.111. The molecule has 4 nitrogen and oxygen atoms in total. The minimum Gasteiger partial charge on any atom is -0.375 e. The third-order valence-corrected chi connectivity index (χ3v) is 1.75. The molecule has 4 N–H and O–H groups in total. The van der Waals surface area contributed by atoms with E-state index in [2.05, 4.69) is 23.1 Å². The highest BCUT2D eigenvalue weighted by atomic mass is 32.1. The van der Waals surface area contributed by atoms with E-state index in [9.17, 15) is 4.79 Å². The lowest BCUT2D eigenvalue weighted by Gasteiger charge is -2.13. The molecular formula is C9H11N3OS. The van der Waals surface area contributed by atoms with Gasteiger partial charge in [-0.05, 0) is 17.8 Å². The number of carbonyl (C=O) groups excluding carboxylic acids is 1. The van der Waals surface area contributed by atoms with Crippen molar-refractivity contribution in [3.8, 4) is 0 Å². The first kappa shape index (κ1) is 10.6. The summed E-state index contributed by atoms with van der Waals surface area (Å²) >= 11 is 4.60. The number of thiocarbonyl (C=S) groups is 1. The number of hydrogen-bond donors (Lipinski definition) is 3. The van der Waals surface area contributed by atoms with Crippen molar-refractivity contribution in [1.29, 1.82) is 0 Å². The number of nitrogens with one attached hydrogen (secondary N) is 2. The zero-order valence-corrected chi connectivity index (χ0v) is 8.25. The van der Waals surface area contributed by atoms with Crippen molar-refractivity contribution in [3.63, 3.8) is 0 Å². The van der Waals surface area contributed by atoms with Crippen LogP contribution < -0.4 is 16.6 Å². The smallest absolute Gasteiger partial charge is 0.178 e. The van der Waals surface area contributed by atoms with Crippen LogP contribution in [-0.2, 0) is 4.79 Å². The van der Waals surface area contributed by atoms with Crippen LogP contribution in [0.1, 0.15) is 11.6 Å². The highest BCUT2D eigenvalue weighted by Crippen LogP contribution is 2.08. The van der Waals surface area contributed by atoms with Crippen molar-refractivity contribution in [1.82, 2.24) is 10.9 Å². The Morgan fingerprint density at radius 3 is 2.57 bits per heavy atom. The van der Waals surface area contributed by atoms with E-state index < -0.39 is 6.04 Å². The lowest BCUT2D eigenvalue weighted by molar-refractivity contribution is -0.109. The summed E-state index contributed by atoms with van der Waals surface area (Å²) in [5, 5.41) is 0.104. The van der Waals surface area contributed by atoms with Crippen LogP contribution in [0.25, 0.3) is 0 Å². The van der Waals surface area contributed by atoms with E-state index in [0.717, 1.165) is 11.8 Å². The SMILES string of the molecule is NC(=S)NNC(C=O)c1ccccc1. The fourth-order valence-corrected chi connectivity index (χ4v) is 1.06. The zero-order valence-electron chi connectivity index (χ0n) is 7.44. The Kier molecular flexibility index (Phi) is 4.03. The molecule has 0 spiro atoms. The third-order valence-electron chi connectivity index (χ3n) is 1.65. The molecule has 0 fully saturated rings. The Hall–Kier alpha value is -1.46. The number of benzene rings is 1. The standard InChI is InChI=1S/C9H11N3OS/c10-9(14)12-11-8(6-13)7-4-2-1-3-5-7/h1-6,8,11H,(H3,10,12,14). The minimum absolute atomic E-state index is 0.104. The largest absolute Gasteiger partial charge is 0.375 e.